The Bertz CT molecular complexity index is 621. The van der Waals surface area contributed by atoms with E-state index in [0.29, 0.717) is 30.2 Å². The maximum atomic E-state index is 14.2. The van der Waals surface area contributed by atoms with Crippen LogP contribution in [-0.4, -0.2) is 30.1 Å². The molecule has 130 valence electrons. The summed E-state index contributed by atoms with van der Waals surface area (Å²) in [5.74, 6) is 0.704. The van der Waals surface area contributed by atoms with Crippen LogP contribution in [0.2, 0.25) is 0 Å². The molecule has 0 amide bonds. The molecule has 0 unspecified atom stereocenters. The van der Waals surface area contributed by atoms with Crippen molar-refractivity contribution in [3.8, 4) is 17.2 Å². The van der Waals surface area contributed by atoms with E-state index in [1.54, 1.807) is 24.3 Å². The summed E-state index contributed by atoms with van der Waals surface area (Å²) in [7, 11) is 0. The lowest BCUT2D eigenvalue weighted by Gasteiger charge is -2.30. The third-order valence-corrected chi connectivity index (χ3v) is 3.83. The normalized spacial score (nSPS) is 11.3. The molecule has 0 N–H and O–H groups in total. The zero-order chi connectivity index (χ0) is 17.5. The lowest BCUT2D eigenvalue weighted by Crippen LogP contribution is -2.39. The van der Waals surface area contributed by atoms with E-state index in [0.717, 1.165) is 6.54 Å². The van der Waals surface area contributed by atoms with Crippen LogP contribution in [0.1, 0.15) is 27.7 Å². The molecule has 0 aliphatic rings. The maximum absolute atomic E-state index is 14.2. The van der Waals surface area contributed by atoms with E-state index in [1.807, 2.05) is 18.2 Å². The number of ether oxygens (including phenoxy) is 2. The molecule has 0 saturated heterocycles. The molecule has 0 radical (unpaired) electrons. The van der Waals surface area contributed by atoms with Gasteiger partial charge in [-0.1, -0.05) is 24.3 Å². The number of hydrogen-bond acceptors (Lipinski definition) is 3. The Morgan fingerprint density at radius 1 is 0.917 bits per heavy atom. The SMILES string of the molecule is CC(C)N(CCOc1cccc(F)c1Oc1ccccc1)C(C)C. The summed E-state index contributed by atoms with van der Waals surface area (Å²) >= 11 is 0. The molecule has 2 aromatic carbocycles. The van der Waals surface area contributed by atoms with Crippen LogP contribution in [-0.2, 0) is 0 Å². The quantitative estimate of drug-likeness (QED) is 0.670. The van der Waals surface area contributed by atoms with Gasteiger partial charge in [0.2, 0.25) is 5.75 Å². The first-order chi connectivity index (χ1) is 11.5. The molecule has 0 aromatic heterocycles. The minimum absolute atomic E-state index is 0.129. The smallest absolute Gasteiger partial charge is 0.204 e. The highest BCUT2D eigenvalue weighted by atomic mass is 19.1. The molecule has 3 nitrogen and oxygen atoms in total. The predicted molar refractivity (Wildman–Crippen MR) is 95.4 cm³/mol. The lowest BCUT2D eigenvalue weighted by molar-refractivity contribution is 0.140. The van der Waals surface area contributed by atoms with Crippen LogP contribution in [0.5, 0.6) is 17.2 Å². The van der Waals surface area contributed by atoms with Crippen LogP contribution in [0.25, 0.3) is 0 Å². The van der Waals surface area contributed by atoms with Gasteiger partial charge in [-0.15, -0.1) is 0 Å². The van der Waals surface area contributed by atoms with E-state index in [9.17, 15) is 4.39 Å². The van der Waals surface area contributed by atoms with Crippen LogP contribution < -0.4 is 9.47 Å². The largest absolute Gasteiger partial charge is 0.488 e. The summed E-state index contributed by atoms with van der Waals surface area (Å²) in [6.45, 7) is 9.89. The van der Waals surface area contributed by atoms with Crippen molar-refractivity contribution in [2.24, 2.45) is 0 Å². The van der Waals surface area contributed by atoms with Gasteiger partial charge >= 0.3 is 0 Å². The number of para-hydroxylation sites is 2. The second-order valence-electron chi connectivity index (χ2n) is 6.26. The monoisotopic (exact) mass is 331 g/mol. The van der Waals surface area contributed by atoms with Gasteiger partial charge in [-0.3, -0.25) is 4.90 Å². The van der Waals surface area contributed by atoms with E-state index in [-0.39, 0.29) is 5.75 Å². The Labute approximate surface area is 144 Å². The van der Waals surface area contributed by atoms with E-state index in [2.05, 4.69) is 32.6 Å². The van der Waals surface area contributed by atoms with Crippen LogP contribution in [0.4, 0.5) is 4.39 Å². The third-order valence-electron chi connectivity index (χ3n) is 3.83. The fourth-order valence-electron chi connectivity index (χ4n) is 2.68. The molecule has 0 fully saturated rings. The average molecular weight is 331 g/mol. The minimum atomic E-state index is -0.430. The number of rotatable bonds is 8. The fraction of sp³-hybridized carbons (Fsp3) is 0.400. The molecule has 0 bridgehead atoms. The topological polar surface area (TPSA) is 21.7 Å². The second kappa shape index (κ2) is 8.69. The van der Waals surface area contributed by atoms with Crippen molar-refractivity contribution >= 4 is 0 Å². The summed E-state index contributed by atoms with van der Waals surface area (Å²) in [6, 6.07) is 14.8. The van der Waals surface area contributed by atoms with Crippen LogP contribution in [0, 0.1) is 5.82 Å². The van der Waals surface area contributed by atoms with Crippen molar-refractivity contribution in [1.82, 2.24) is 4.90 Å². The summed E-state index contributed by atoms with van der Waals surface area (Å²) < 4.78 is 25.7. The van der Waals surface area contributed by atoms with Crippen molar-refractivity contribution in [3.05, 3.63) is 54.3 Å². The van der Waals surface area contributed by atoms with E-state index < -0.39 is 5.82 Å². The maximum Gasteiger partial charge on any atom is 0.204 e. The third kappa shape index (κ3) is 4.96. The molecule has 0 spiro atoms. The van der Waals surface area contributed by atoms with Crippen molar-refractivity contribution in [3.63, 3.8) is 0 Å². The molecule has 0 atom stereocenters. The standard InChI is InChI=1S/C20H26FNO2/c1-15(2)22(16(3)4)13-14-23-19-12-8-11-18(21)20(19)24-17-9-6-5-7-10-17/h5-12,15-16H,13-14H2,1-4H3. The molecular formula is C20H26FNO2. The Kier molecular flexibility index (Phi) is 6.62. The number of benzene rings is 2. The fourth-order valence-corrected chi connectivity index (χ4v) is 2.68. The predicted octanol–water partition coefficient (Wildman–Crippen LogP) is 5.12. The average Bonchev–Trinajstić information content (AvgIpc) is 2.54. The highest BCUT2D eigenvalue weighted by Gasteiger charge is 2.15. The first-order valence-electron chi connectivity index (χ1n) is 8.39. The van der Waals surface area contributed by atoms with Gasteiger partial charge in [-0.05, 0) is 52.0 Å². The Morgan fingerprint density at radius 2 is 1.58 bits per heavy atom. The van der Waals surface area contributed by atoms with Gasteiger partial charge in [0, 0.05) is 18.6 Å². The van der Waals surface area contributed by atoms with Gasteiger partial charge in [0.1, 0.15) is 12.4 Å². The van der Waals surface area contributed by atoms with Crippen LogP contribution in [0.3, 0.4) is 0 Å². The first kappa shape index (κ1) is 18.3. The Balaban J connectivity index is 2.06. The molecule has 0 saturated carbocycles. The van der Waals surface area contributed by atoms with Gasteiger partial charge in [0.05, 0.1) is 0 Å². The molecule has 0 heterocycles. The Hall–Kier alpha value is -2.07. The van der Waals surface area contributed by atoms with Crippen molar-refractivity contribution in [1.29, 1.82) is 0 Å². The molecule has 2 rings (SSSR count). The highest BCUT2D eigenvalue weighted by molar-refractivity contribution is 5.43. The number of halogens is 1. The van der Waals surface area contributed by atoms with Gasteiger partial charge in [-0.2, -0.15) is 0 Å². The minimum Gasteiger partial charge on any atom is -0.488 e. The summed E-state index contributed by atoms with van der Waals surface area (Å²) in [6.07, 6.45) is 0. The van der Waals surface area contributed by atoms with Gasteiger partial charge < -0.3 is 9.47 Å². The molecule has 0 aliphatic carbocycles. The highest BCUT2D eigenvalue weighted by Crippen LogP contribution is 2.34. The lowest BCUT2D eigenvalue weighted by atomic mass is 10.2. The van der Waals surface area contributed by atoms with E-state index in [1.165, 1.54) is 6.07 Å². The summed E-state index contributed by atoms with van der Waals surface area (Å²) in [5.41, 5.74) is 0. The van der Waals surface area contributed by atoms with E-state index in [4.69, 9.17) is 9.47 Å². The van der Waals surface area contributed by atoms with Crippen LogP contribution in [0.15, 0.2) is 48.5 Å². The van der Waals surface area contributed by atoms with E-state index >= 15 is 0 Å². The number of nitrogens with zero attached hydrogens (tertiary/aromatic N) is 1. The molecular weight excluding hydrogens is 305 g/mol. The summed E-state index contributed by atoms with van der Waals surface area (Å²) in [5, 5.41) is 0. The van der Waals surface area contributed by atoms with Crippen molar-refractivity contribution in [2.75, 3.05) is 13.2 Å². The molecule has 2 aromatic rings. The van der Waals surface area contributed by atoms with Crippen LogP contribution >= 0.6 is 0 Å². The van der Waals surface area contributed by atoms with Crippen molar-refractivity contribution in [2.45, 2.75) is 39.8 Å². The Morgan fingerprint density at radius 3 is 2.21 bits per heavy atom. The van der Waals surface area contributed by atoms with Gasteiger partial charge in [-0.25, -0.2) is 4.39 Å². The zero-order valence-electron chi connectivity index (χ0n) is 14.8. The zero-order valence-corrected chi connectivity index (χ0v) is 14.8. The van der Waals surface area contributed by atoms with Crippen molar-refractivity contribution < 1.29 is 13.9 Å². The van der Waals surface area contributed by atoms with Gasteiger partial charge in [0.25, 0.3) is 0 Å². The first-order valence-corrected chi connectivity index (χ1v) is 8.39. The number of hydrogen-bond donors (Lipinski definition) is 0. The molecule has 0 aliphatic heterocycles. The molecule has 24 heavy (non-hydrogen) atoms. The van der Waals surface area contributed by atoms with Gasteiger partial charge in [0.15, 0.2) is 11.6 Å². The second-order valence-corrected chi connectivity index (χ2v) is 6.26. The molecule has 4 heteroatoms. The summed E-state index contributed by atoms with van der Waals surface area (Å²) in [4.78, 5) is 2.33.